The van der Waals surface area contributed by atoms with Gasteiger partial charge in [0.2, 0.25) is 5.91 Å². The van der Waals surface area contributed by atoms with E-state index in [0.29, 0.717) is 13.0 Å². The Hall–Kier alpha value is -2.90. The third-order valence-electron chi connectivity index (χ3n) is 5.50. The summed E-state index contributed by atoms with van der Waals surface area (Å²) >= 11 is 0. The molecule has 0 spiro atoms. The molecule has 1 aliphatic rings. The number of aliphatic hydroxyl groups is 1. The van der Waals surface area contributed by atoms with Gasteiger partial charge in [-0.2, -0.15) is 0 Å². The monoisotopic (exact) mass is 453 g/mol. The largest absolute Gasteiger partial charge is 0.444 e. The lowest BCUT2D eigenvalue weighted by Gasteiger charge is -2.29. The number of nitrogens with one attached hydrogen (secondary N) is 2. The first-order chi connectivity index (χ1) is 15.7. The molecule has 1 aliphatic heterocycles. The molecule has 2 aromatic carbocycles. The lowest BCUT2D eigenvalue weighted by atomic mass is 10.1. The minimum Gasteiger partial charge on any atom is -0.444 e. The number of benzene rings is 2. The van der Waals surface area contributed by atoms with E-state index in [1.54, 1.807) is 4.90 Å². The first-order valence-electron chi connectivity index (χ1n) is 11.6. The van der Waals surface area contributed by atoms with Crippen LogP contribution in [0, 0.1) is 0 Å². The van der Waals surface area contributed by atoms with Gasteiger partial charge in [-0.15, -0.1) is 0 Å². The van der Waals surface area contributed by atoms with Crippen molar-refractivity contribution < 1.29 is 19.4 Å². The van der Waals surface area contributed by atoms with E-state index in [0.717, 1.165) is 36.2 Å². The van der Waals surface area contributed by atoms with Crippen molar-refractivity contribution in [3.8, 4) is 0 Å². The standard InChI is InChI=1S/C26H35N3O4/c1-26(2,3)33-25(32)29(18-23(30)20-8-5-4-6-9-20)17-15-19-11-13-21(14-12-19)28-24(31)22-10-7-16-27-22/h4-6,8-9,11-14,22-23,27,30H,7,10,15-18H2,1-3H3,(H,28,31)/t22-,23+/m1/s1. The van der Waals surface area contributed by atoms with Crippen molar-refractivity contribution in [1.29, 1.82) is 0 Å². The summed E-state index contributed by atoms with van der Waals surface area (Å²) in [6.07, 6.45) is 1.22. The van der Waals surface area contributed by atoms with Gasteiger partial charge in [0, 0.05) is 12.2 Å². The Kier molecular flexibility index (Phi) is 8.47. The summed E-state index contributed by atoms with van der Waals surface area (Å²) < 4.78 is 5.56. The van der Waals surface area contributed by atoms with Gasteiger partial charge in [0.05, 0.1) is 18.7 Å². The third-order valence-corrected chi connectivity index (χ3v) is 5.50. The van der Waals surface area contributed by atoms with Crippen LogP contribution in [0.1, 0.15) is 50.8 Å². The third kappa shape index (κ3) is 7.87. The van der Waals surface area contributed by atoms with Crippen LogP contribution in [0.4, 0.5) is 10.5 Å². The lowest BCUT2D eigenvalue weighted by Crippen LogP contribution is -2.40. The molecular weight excluding hydrogens is 418 g/mol. The van der Waals surface area contributed by atoms with Gasteiger partial charge in [-0.25, -0.2) is 4.79 Å². The lowest BCUT2D eigenvalue weighted by molar-refractivity contribution is -0.117. The van der Waals surface area contributed by atoms with E-state index < -0.39 is 17.8 Å². The van der Waals surface area contributed by atoms with Gasteiger partial charge in [-0.1, -0.05) is 42.5 Å². The van der Waals surface area contributed by atoms with Crippen LogP contribution < -0.4 is 10.6 Å². The molecule has 7 heteroatoms. The fraction of sp³-hybridized carbons (Fsp3) is 0.462. The van der Waals surface area contributed by atoms with Gasteiger partial charge < -0.3 is 25.4 Å². The summed E-state index contributed by atoms with van der Waals surface area (Å²) in [7, 11) is 0. The van der Waals surface area contributed by atoms with E-state index in [1.165, 1.54) is 0 Å². The van der Waals surface area contributed by atoms with Crippen LogP contribution in [-0.4, -0.2) is 53.3 Å². The minimum absolute atomic E-state index is 0.00810. The average molecular weight is 454 g/mol. The van der Waals surface area contributed by atoms with Gasteiger partial charge in [0.1, 0.15) is 5.60 Å². The summed E-state index contributed by atoms with van der Waals surface area (Å²) in [5.41, 5.74) is 1.90. The van der Waals surface area contributed by atoms with E-state index in [2.05, 4.69) is 10.6 Å². The Bertz CT molecular complexity index is 903. The second kappa shape index (κ2) is 11.3. The van der Waals surface area contributed by atoms with Crippen molar-refractivity contribution >= 4 is 17.7 Å². The average Bonchev–Trinajstić information content (AvgIpc) is 3.32. The van der Waals surface area contributed by atoms with Crippen LogP contribution in [0.25, 0.3) is 0 Å². The quantitative estimate of drug-likeness (QED) is 0.564. The fourth-order valence-corrected chi connectivity index (χ4v) is 3.73. The number of rotatable bonds is 8. The predicted octanol–water partition coefficient (Wildman–Crippen LogP) is 3.89. The van der Waals surface area contributed by atoms with E-state index in [-0.39, 0.29) is 18.5 Å². The first-order valence-corrected chi connectivity index (χ1v) is 11.6. The Morgan fingerprint density at radius 3 is 2.45 bits per heavy atom. The highest BCUT2D eigenvalue weighted by Crippen LogP contribution is 2.18. The molecule has 0 bridgehead atoms. The summed E-state index contributed by atoms with van der Waals surface area (Å²) in [6, 6.07) is 16.8. The Balaban J connectivity index is 1.60. The first kappa shape index (κ1) is 24.7. The normalized spacial score (nSPS) is 16.8. The van der Waals surface area contributed by atoms with E-state index >= 15 is 0 Å². The van der Waals surface area contributed by atoms with E-state index in [4.69, 9.17) is 4.74 Å². The molecule has 33 heavy (non-hydrogen) atoms. The van der Waals surface area contributed by atoms with E-state index in [1.807, 2.05) is 75.4 Å². The highest BCUT2D eigenvalue weighted by atomic mass is 16.6. The Morgan fingerprint density at radius 2 is 1.85 bits per heavy atom. The predicted molar refractivity (Wildman–Crippen MR) is 129 cm³/mol. The highest BCUT2D eigenvalue weighted by molar-refractivity contribution is 5.95. The maximum atomic E-state index is 12.8. The molecule has 1 saturated heterocycles. The zero-order chi connectivity index (χ0) is 23.8. The highest BCUT2D eigenvalue weighted by Gasteiger charge is 2.25. The molecule has 0 aliphatic carbocycles. The van der Waals surface area contributed by atoms with Crippen LogP contribution in [0.2, 0.25) is 0 Å². The van der Waals surface area contributed by atoms with Crippen molar-refractivity contribution in [2.24, 2.45) is 0 Å². The molecule has 0 saturated carbocycles. The number of carbonyl (C=O) groups excluding carboxylic acids is 2. The molecule has 1 heterocycles. The number of amides is 2. The number of hydrogen-bond donors (Lipinski definition) is 3. The van der Waals surface area contributed by atoms with Crippen molar-refractivity contribution in [3.63, 3.8) is 0 Å². The van der Waals surface area contributed by atoms with Crippen LogP contribution in [0.5, 0.6) is 0 Å². The number of anilines is 1. The number of carbonyl (C=O) groups is 2. The molecule has 178 valence electrons. The van der Waals surface area contributed by atoms with E-state index in [9.17, 15) is 14.7 Å². The zero-order valence-corrected chi connectivity index (χ0v) is 19.7. The molecule has 0 radical (unpaired) electrons. The van der Waals surface area contributed by atoms with Gasteiger partial charge in [0.15, 0.2) is 0 Å². The van der Waals surface area contributed by atoms with Crippen LogP contribution in [0.15, 0.2) is 54.6 Å². The molecule has 2 amide bonds. The molecule has 3 N–H and O–H groups in total. The fourth-order valence-electron chi connectivity index (χ4n) is 3.73. The maximum Gasteiger partial charge on any atom is 0.410 e. The molecule has 1 fully saturated rings. The topological polar surface area (TPSA) is 90.9 Å². The van der Waals surface area contributed by atoms with Crippen LogP contribution >= 0.6 is 0 Å². The molecule has 0 unspecified atom stereocenters. The van der Waals surface area contributed by atoms with Crippen molar-refractivity contribution in [2.45, 2.75) is 57.8 Å². The molecule has 3 rings (SSSR count). The number of hydrogen-bond acceptors (Lipinski definition) is 5. The van der Waals surface area contributed by atoms with Crippen LogP contribution in [0.3, 0.4) is 0 Å². The molecular formula is C26H35N3O4. The van der Waals surface area contributed by atoms with Crippen molar-refractivity contribution in [2.75, 3.05) is 25.0 Å². The second-order valence-corrected chi connectivity index (χ2v) is 9.44. The molecule has 7 nitrogen and oxygen atoms in total. The van der Waals surface area contributed by atoms with Gasteiger partial charge in [-0.3, -0.25) is 4.79 Å². The zero-order valence-electron chi connectivity index (χ0n) is 19.7. The van der Waals surface area contributed by atoms with Crippen molar-refractivity contribution in [3.05, 3.63) is 65.7 Å². The van der Waals surface area contributed by atoms with Crippen molar-refractivity contribution in [1.82, 2.24) is 10.2 Å². The second-order valence-electron chi connectivity index (χ2n) is 9.44. The molecule has 0 aromatic heterocycles. The Labute approximate surface area is 196 Å². The summed E-state index contributed by atoms with van der Waals surface area (Å²) in [5.74, 6) is -0.00810. The summed E-state index contributed by atoms with van der Waals surface area (Å²) in [6.45, 7) is 6.89. The van der Waals surface area contributed by atoms with Gasteiger partial charge >= 0.3 is 6.09 Å². The SMILES string of the molecule is CC(C)(C)OC(=O)N(CCc1ccc(NC(=O)[C@H]2CCCN2)cc1)C[C@H](O)c1ccccc1. The summed E-state index contributed by atoms with van der Waals surface area (Å²) in [4.78, 5) is 26.6. The van der Waals surface area contributed by atoms with Crippen LogP contribution in [-0.2, 0) is 16.0 Å². The maximum absolute atomic E-state index is 12.8. The minimum atomic E-state index is -0.805. The smallest absolute Gasteiger partial charge is 0.410 e. The summed E-state index contributed by atoms with van der Waals surface area (Å²) in [5, 5.41) is 16.8. The number of aliphatic hydroxyl groups excluding tert-OH is 1. The number of nitrogens with zero attached hydrogens (tertiary/aromatic N) is 1. The van der Waals surface area contributed by atoms with Gasteiger partial charge in [-0.05, 0) is 69.8 Å². The Morgan fingerprint density at radius 1 is 1.15 bits per heavy atom. The molecule has 2 aromatic rings. The molecule has 2 atom stereocenters. The van der Waals surface area contributed by atoms with Gasteiger partial charge in [0.25, 0.3) is 0 Å². The number of ether oxygens (including phenoxy) is 1.